The average molecular weight is 337 g/mol. The molecule has 0 saturated heterocycles. The fourth-order valence-electron chi connectivity index (χ4n) is 1.98. The molecule has 110 valence electrons. The number of nitrogen functional groups attached to an aromatic ring is 1. The van der Waals surface area contributed by atoms with Crippen LogP contribution in [0.25, 0.3) is 0 Å². The Balaban J connectivity index is 2.21. The minimum atomic E-state index is -3.74. The van der Waals surface area contributed by atoms with E-state index in [0.717, 1.165) is 0 Å². The Morgan fingerprint density at radius 1 is 1.30 bits per heavy atom. The summed E-state index contributed by atoms with van der Waals surface area (Å²) in [5.41, 5.74) is 5.72. The van der Waals surface area contributed by atoms with Gasteiger partial charge in [-0.3, -0.25) is 0 Å². The molecule has 0 spiro atoms. The molecule has 0 aliphatic heterocycles. The molecule has 4 N–H and O–H groups in total. The van der Waals surface area contributed by atoms with E-state index >= 15 is 0 Å². The van der Waals surface area contributed by atoms with Gasteiger partial charge in [0.15, 0.2) is 0 Å². The number of rotatable bonds is 4. The third-order valence-electron chi connectivity index (χ3n) is 3.08. The summed E-state index contributed by atoms with van der Waals surface area (Å²) < 4.78 is 27.0. The number of sulfonamides is 1. The Labute approximate surface area is 127 Å². The molecule has 0 aromatic heterocycles. The molecule has 1 aromatic carbocycles. The maximum absolute atomic E-state index is 12.2. The van der Waals surface area contributed by atoms with Gasteiger partial charge in [0.1, 0.15) is 0 Å². The smallest absolute Gasteiger partial charge is 0.241 e. The van der Waals surface area contributed by atoms with Gasteiger partial charge in [0, 0.05) is 18.6 Å². The van der Waals surface area contributed by atoms with Gasteiger partial charge in [0.25, 0.3) is 0 Å². The zero-order chi connectivity index (χ0) is 14.9. The Kier molecular flexibility index (Phi) is 4.61. The summed E-state index contributed by atoms with van der Waals surface area (Å²) in [6.07, 6.45) is 4.03. The van der Waals surface area contributed by atoms with Crippen LogP contribution in [0.4, 0.5) is 5.69 Å². The number of hydrogen-bond donors (Lipinski definition) is 3. The second kappa shape index (κ2) is 5.91. The standard InChI is InChI=1S/C12H14Cl2N2O3S/c13-10-4-9(5-11(14)12(10)15)20(18,19)16-8-2-1-7(3-8)6-17/h1-2,4-5,7-8,16-17H,3,6,15H2/t7-,8+/m0/s1. The van der Waals surface area contributed by atoms with Gasteiger partial charge in [-0.2, -0.15) is 0 Å². The van der Waals surface area contributed by atoms with Gasteiger partial charge in [-0.05, 0) is 18.6 Å². The van der Waals surface area contributed by atoms with Gasteiger partial charge in [-0.1, -0.05) is 35.4 Å². The first-order valence-corrected chi connectivity index (χ1v) is 8.13. The van der Waals surface area contributed by atoms with Gasteiger partial charge >= 0.3 is 0 Å². The molecule has 5 nitrogen and oxygen atoms in total. The summed E-state index contributed by atoms with van der Waals surface area (Å²) in [4.78, 5) is -0.0393. The lowest BCUT2D eigenvalue weighted by Crippen LogP contribution is -2.33. The van der Waals surface area contributed by atoms with Crippen LogP contribution in [-0.4, -0.2) is 26.2 Å². The molecular formula is C12H14Cl2N2O3S. The summed E-state index contributed by atoms with van der Waals surface area (Å²) in [5.74, 6) is -0.0266. The van der Waals surface area contributed by atoms with Crippen molar-refractivity contribution < 1.29 is 13.5 Å². The lowest BCUT2D eigenvalue weighted by atomic mass is 10.1. The van der Waals surface area contributed by atoms with Crippen LogP contribution >= 0.6 is 23.2 Å². The predicted octanol–water partition coefficient (Wildman–Crippen LogP) is 1.79. The normalized spacial score (nSPS) is 22.4. The highest BCUT2D eigenvalue weighted by Crippen LogP contribution is 2.31. The lowest BCUT2D eigenvalue weighted by molar-refractivity contribution is 0.248. The average Bonchev–Trinajstić information content (AvgIpc) is 2.82. The predicted molar refractivity (Wildman–Crippen MR) is 79.3 cm³/mol. The Morgan fingerprint density at radius 3 is 2.40 bits per heavy atom. The number of nitrogens with one attached hydrogen (secondary N) is 1. The minimum Gasteiger partial charge on any atom is -0.396 e. The van der Waals surface area contributed by atoms with Crippen molar-refractivity contribution in [2.45, 2.75) is 17.4 Å². The monoisotopic (exact) mass is 336 g/mol. The van der Waals surface area contributed by atoms with Crippen molar-refractivity contribution in [2.24, 2.45) is 5.92 Å². The summed E-state index contributed by atoms with van der Waals surface area (Å²) in [5, 5.41) is 9.21. The third kappa shape index (κ3) is 3.27. The van der Waals surface area contributed by atoms with Crippen LogP contribution in [0.2, 0.25) is 10.0 Å². The highest BCUT2D eigenvalue weighted by atomic mass is 35.5. The third-order valence-corrected chi connectivity index (χ3v) is 5.17. The molecule has 2 atom stereocenters. The van der Waals surface area contributed by atoms with Crippen molar-refractivity contribution in [3.63, 3.8) is 0 Å². The van der Waals surface area contributed by atoms with Crippen molar-refractivity contribution in [1.82, 2.24) is 4.72 Å². The van der Waals surface area contributed by atoms with E-state index in [-0.39, 0.29) is 39.2 Å². The second-order valence-corrected chi connectivity index (χ2v) is 7.12. The fourth-order valence-corrected chi connectivity index (χ4v) is 3.85. The molecule has 0 unspecified atom stereocenters. The fraction of sp³-hybridized carbons (Fsp3) is 0.333. The van der Waals surface area contributed by atoms with E-state index in [1.54, 1.807) is 12.2 Å². The van der Waals surface area contributed by atoms with Crippen LogP contribution < -0.4 is 10.5 Å². The van der Waals surface area contributed by atoms with Crippen LogP contribution in [-0.2, 0) is 10.0 Å². The molecule has 0 radical (unpaired) electrons. The van der Waals surface area contributed by atoms with Crippen LogP contribution in [0.15, 0.2) is 29.2 Å². The van der Waals surface area contributed by atoms with Crippen LogP contribution in [0.5, 0.6) is 0 Å². The number of halogens is 2. The Hall–Kier alpha value is -0.790. The summed E-state index contributed by atoms with van der Waals surface area (Å²) in [7, 11) is -3.74. The Morgan fingerprint density at radius 2 is 1.90 bits per heavy atom. The first-order chi connectivity index (χ1) is 9.33. The van der Waals surface area contributed by atoms with Gasteiger partial charge in [-0.25, -0.2) is 13.1 Å². The molecule has 0 amide bonds. The van der Waals surface area contributed by atoms with Gasteiger partial charge in [-0.15, -0.1) is 0 Å². The minimum absolute atomic E-state index is 0.00570. The summed E-state index contributed by atoms with van der Waals surface area (Å²) in [6, 6.07) is 2.16. The molecule has 1 aromatic rings. The molecule has 8 heteroatoms. The molecule has 0 saturated carbocycles. The first kappa shape index (κ1) is 15.6. The van der Waals surface area contributed by atoms with E-state index in [4.69, 9.17) is 34.0 Å². The van der Waals surface area contributed by atoms with Crippen molar-refractivity contribution in [1.29, 1.82) is 0 Å². The number of aliphatic hydroxyl groups excluding tert-OH is 1. The topological polar surface area (TPSA) is 92.4 Å². The molecule has 20 heavy (non-hydrogen) atoms. The maximum atomic E-state index is 12.2. The van der Waals surface area contributed by atoms with E-state index in [1.807, 2.05) is 0 Å². The van der Waals surface area contributed by atoms with E-state index in [2.05, 4.69) is 4.72 Å². The lowest BCUT2D eigenvalue weighted by Gasteiger charge is -2.14. The van der Waals surface area contributed by atoms with Crippen LogP contribution in [0.3, 0.4) is 0 Å². The zero-order valence-electron chi connectivity index (χ0n) is 10.4. The molecule has 0 bridgehead atoms. The highest BCUT2D eigenvalue weighted by Gasteiger charge is 2.25. The molecule has 1 aliphatic rings. The van der Waals surface area contributed by atoms with Crippen LogP contribution in [0, 0.1) is 5.92 Å². The number of aliphatic hydroxyl groups is 1. The molecule has 0 fully saturated rings. The van der Waals surface area contributed by atoms with Crippen molar-refractivity contribution in [2.75, 3.05) is 12.3 Å². The van der Waals surface area contributed by atoms with Crippen molar-refractivity contribution in [3.8, 4) is 0 Å². The number of anilines is 1. The largest absolute Gasteiger partial charge is 0.396 e. The zero-order valence-corrected chi connectivity index (χ0v) is 12.7. The first-order valence-electron chi connectivity index (χ1n) is 5.89. The second-order valence-electron chi connectivity index (χ2n) is 4.59. The summed E-state index contributed by atoms with van der Waals surface area (Å²) in [6.45, 7) is -0.00570. The van der Waals surface area contributed by atoms with E-state index in [9.17, 15) is 8.42 Å². The van der Waals surface area contributed by atoms with E-state index in [0.29, 0.717) is 6.42 Å². The highest BCUT2D eigenvalue weighted by molar-refractivity contribution is 7.89. The van der Waals surface area contributed by atoms with E-state index in [1.165, 1.54) is 12.1 Å². The number of nitrogens with two attached hydrogens (primary N) is 1. The summed E-state index contributed by atoms with van der Waals surface area (Å²) >= 11 is 11.7. The van der Waals surface area contributed by atoms with Gasteiger partial charge in [0.05, 0.1) is 20.6 Å². The number of benzene rings is 1. The molecule has 0 heterocycles. The maximum Gasteiger partial charge on any atom is 0.241 e. The molecule has 1 aliphatic carbocycles. The number of hydrogen-bond acceptors (Lipinski definition) is 4. The van der Waals surface area contributed by atoms with Gasteiger partial charge in [0.2, 0.25) is 10.0 Å². The quantitative estimate of drug-likeness (QED) is 0.577. The van der Waals surface area contributed by atoms with Crippen molar-refractivity contribution in [3.05, 3.63) is 34.3 Å². The van der Waals surface area contributed by atoms with Gasteiger partial charge < -0.3 is 10.8 Å². The molecule has 2 rings (SSSR count). The van der Waals surface area contributed by atoms with Crippen LogP contribution in [0.1, 0.15) is 6.42 Å². The Bertz CT molecular complexity index is 623. The van der Waals surface area contributed by atoms with Crippen molar-refractivity contribution >= 4 is 38.9 Å². The van der Waals surface area contributed by atoms with E-state index < -0.39 is 10.0 Å². The molecular weight excluding hydrogens is 323 g/mol. The SMILES string of the molecule is Nc1c(Cl)cc(S(=O)(=O)N[C@@H]2C=C[C@H](CO)C2)cc1Cl.